The van der Waals surface area contributed by atoms with Gasteiger partial charge in [0.1, 0.15) is 12.4 Å². The van der Waals surface area contributed by atoms with Gasteiger partial charge >= 0.3 is 12.1 Å². The van der Waals surface area contributed by atoms with Gasteiger partial charge in [0.05, 0.1) is 16.5 Å². The van der Waals surface area contributed by atoms with Crippen molar-refractivity contribution in [3.05, 3.63) is 65.2 Å². The fourth-order valence-corrected chi connectivity index (χ4v) is 6.36. The number of carboxylic acids is 1. The van der Waals surface area contributed by atoms with Gasteiger partial charge in [0.15, 0.2) is 0 Å². The number of anilines is 1. The van der Waals surface area contributed by atoms with E-state index in [1.165, 1.54) is 10.4 Å². The largest absolute Gasteiger partial charge is 0.487 e. The van der Waals surface area contributed by atoms with Crippen molar-refractivity contribution in [3.63, 3.8) is 0 Å². The molecule has 0 aliphatic heterocycles. The van der Waals surface area contributed by atoms with Gasteiger partial charge in [-0.2, -0.15) is 13.2 Å². The molecule has 0 spiro atoms. The predicted molar refractivity (Wildman–Crippen MR) is 128 cm³/mol. The number of carboxylic acid groups (broad SMARTS) is 1. The number of sulfonamides is 1. The predicted octanol–water partition coefficient (Wildman–Crippen LogP) is 5.87. The number of halogens is 3. The summed E-state index contributed by atoms with van der Waals surface area (Å²) in [5.74, 6) is -1.26. The Morgan fingerprint density at radius 3 is 2.31 bits per heavy atom. The molecule has 1 aliphatic rings. The summed E-state index contributed by atoms with van der Waals surface area (Å²) in [6.07, 6.45) is 0.406. The summed E-state index contributed by atoms with van der Waals surface area (Å²) in [5, 5.41) is 8.14. The quantitative estimate of drug-likeness (QED) is 0.426. The van der Waals surface area contributed by atoms with E-state index in [1.54, 1.807) is 38.1 Å². The number of rotatable bonds is 9. The molecule has 0 heterocycles. The molecular weight excluding hydrogens is 483 g/mol. The lowest BCUT2D eigenvalue weighted by Crippen LogP contribution is -2.42. The second kappa shape index (κ2) is 10.7. The highest BCUT2D eigenvalue weighted by molar-refractivity contribution is 7.93. The summed E-state index contributed by atoms with van der Waals surface area (Å²) in [7, 11) is -3.81. The van der Waals surface area contributed by atoms with E-state index in [0.29, 0.717) is 24.0 Å². The first-order valence-corrected chi connectivity index (χ1v) is 12.8. The molecular formula is C25H28F3NO5S. The van der Waals surface area contributed by atoms with E-state index in [1.807, 2.05) is 0 Å². The minimum atomic E-state index is -4.62. The lowest BCUT2D eigenvalue weighted by molar-refractivity contribution is -0.137. The minimum absolute atomic E-state index is 0.0703. The summed E-state index contributed by atoms with van der Waals surface area (Å²) in [6.45, 7) is 3.25. The van der Waals surface area contributed by atoms with Crippen LogP contribution in [0.3, 0.4) is 0 Å². The average Bonchev–Trinajstić information content (AvgIpc) is 3.32. The fraction of sp³-hybridized carbons (Fsp3) is 0.400. The number of hydrogen-bond donors (Lipinski definition) is 1. The van der Waals surface area contributed by atoms with Gasteiger partial charge in [-0.3, -0.25) is 4.31 Å². The molecule has 6 nitrogen and oxygen atoms in total. The molecule has 1 aliphatic carbocycles. The van der Waals surface area contributed by atoms with Crippen molar-refractivity contribution in [2.24, 2.45) is 0 Å². The van der Waals surface area contributed by atoms with Gasteiger partial charge in [-0.25, -0.2) is 13.2 Å². The van der Waals surface area contributed by atoms with Gasteiger partial charge in [0.25, 0.3) is 0 Å². The first-order chi connectivity index (χ1) is 16.4. The van der Waals surface area contributed by atoms with E-state index in [9.17, 15) is 26.4 Å². The van der Waals surface area contributed by atoms with Crippen LogP contribution in [-0.2, 0) is 27.6 Å². The molecule has 0 aromatic heterocycles. The summed E-state index contributed by atoms with van der Waals surface area (Å²) >= 11 is 0. The molecule has 3 rings (SSSR count). The van der Waals surface area contributed by atoms with Crippen molar-refractivity contribution in [1.82, 2.24) is 0 Å². The Kier molecular flexibility index (Phi) is 8.15. The van der Waals surface area contributed by atoms with Crippen LogP contribution in [0.1, 0.15) is 56.2 Å². The Balaban J connectivity index is 1.95. The van der Waals surface area contributed by atoms with E-state index < -0.39 is 39.0 Å². The number of ether oxygens (including phenoxy) is 1. The van der Waals surface area contributed by atoms with Gasteiger partial charge in [0.2, 0.25) is 10.0 Å². The highest BCUT2D eigenvalue weighted by Gasteiger charge is 2.38. The summed E-state index contributed by atoms with van der Waals surface area (Å²) < 4.78 is 74.1. The van der Waals surface area contributed by atoms with Gasteiger partial charge < -0.3 is 9.84 Å². The average molecular weight is 512 g/mol. The first kappa shape index (κ1) is 26.6. The highest BCUT2D eigenvalue weighted by atomic mass is 32.2. The fourth-order valence-electron chi connectivity index (χ4n) is 4.10. The molecule has 0 radical (unpaired) electrons. The normalized spacial score (nSPS) is 15.1. The maximum atomic E-state index is 13.4. The van der Waals surface area contributed by atoms with E-state index in [4.69, 9.17) is 9.84 Å². The molecule has 0 unspecified atom stereocenters. The molecule has 10 heteroatoms. The zero-order chi connectivity index (χ0) is 25.8. The maximum absolute atomic E-state index is 13.4. The second-order valence-electron chi connectivity index (χ2n) is 8.72. The SMILES string of the molecule is CC(C)N(c1ccc(C(F)(F)F)cc1OCc1ccc(/C=C/C(=O)O)cc1)S(=O)(=O)C1CCCC1. The Morgan fingerprint density at radius 1 is 1.14 bits per heavy atom. The lowest BCUT2D eigenvalue weighted by Gasteiger charge is -2.32. The minimum Gasteiger partial charge on any atom is -0.487 e. The molecule has 0 bridgehead atoms. The van der Waals surface area contributed by atoms with Crippen LogP contribution in [0.2, 0.25) is 0 Å². The van der Waals surface area contributed by atoms with Gasteiger partial charge in [0, 0.05) is 12.1 Å². The third-order valence-corrected chi connectivity index (χ3v) is 8.26. The molecule has 1 N–H and O–H groups in total. The first-order valence-electron chi connectivity index (χ1n) is 11.3. The molecule has 35 heavy (non-hydrogen) atoms. The zero-order valence-electron chi connectivity index (χ0n) is 19.5. The Bertz CT molecular complexity index is 1170. The molecule has 0 amide bonds. The van der Waals surface area contributed by atoms with E-state index in [0.717, 1.165) is 37.1 Å². The van der Waals surface area contributed by atoms with Crippen molar-refractivity contribution in [1.29, 1.82) is 0 Å². The van der Waals surface area contributed by atoms with Crippen molar-refractivity contribution >= 4 is 27.8 Å². The van der Waals surface area contributed by atoms with Crippen molar-refractivity contribution < 1.29 is 36.2 Å². The third kappa shape index (κ3) is 6.56. The molecule has 2 aromatic rings. The van der Waals surface area contributed by atoms with Crippen LogP contribution in [0.25, 0.3) is 6.08 Å². The van der Waals surface area contributed by atoms with Crippen LogP contribution in [0, 0.1) is 0 Å². The number of nitrogens with zero attached hydrogens (tertiary/aromatic N) is 1. The van der Waals surface area contributed by atoms with Crippen LogP contribution < -0.4 is 9.04 Å². The van der Waals surface area contributed by atoms with Gasteiger partial charge in [-0.1, -0.05) is 37.1 Å². The molecule has 190 valence electrons. The van der Waals surface area contributed by atoms with Crippen LogP contribution in [0.4, 0.5) is 18.9 Å². The topological polar surface area (TPSA) is 83.9 Å². The van der Waals surface area contributed by atoms with Crippen molar-refractivity contribution in [3.8, 4) is 5.75 Å². The van der Waals surface area contributed by atoms with Crippen LogP contribution in [0.15, 0.2) is 48.5 Å². The number of benzene rings is 2. The molecule has 0 atom stereocenters. The highest BCUT2D eigenvalue weighted by Crippen LogP contribution is 2.40. The Labute approximate surface area is 203 Å². The Hall–Kier alpha value is -3.01. The molecule has 1 fully saturated rings. The third-order valence-electron chi connectivity index (χ3n) is 5.78. The standard InChI is InChI=1S/C25H28F3NO5S/c1-17(2)29(35(32,33)21-5-3-4-6-21)22-13-12-20(25(26,27)28)15-23(22)34-16-19-9-7-18(8-10-19)11-14-24(30)31/h7-15,17,21H,3-6,16H2,1-2H3,(H,30,31)/b14-11+. The van der Waals surface area contributed by atoms with Crippen LogP contribution in [-0.4, -0.2) is 30.8 Å². The monoisotopic (exact) mass is 511 g/mol. The number of aliphatic carboxylic acids is 1. The molecule has 2 aromatic carbocycles. The summed E-state index contributed by atoms with van der Waals surface area (Å²) in [6, 6.07) is 8.94. The molecule has 0 saturated heterocycles. The lowest BCUT2D eigenvalue weighted by atomic mass is 10.1. The van der Waals surface area contributed by atoms with Crippen LogP contribution in [0.5, 0.6) is 5.75 Å². The number of hydrogen-bond acceptors (Lipinski definition) is 4. The van der Waals surface area contributed by atoms with E-state index >= 15 is 0 Å². The number of carbonyl (C=O) groups is 1. The zero-order valence-corrected chi connectivity index (χ0v) is 20.3. The summed E-state index contributed by atoms with van der Waals surface area (Å²) in [5.41, 5.74) is 0.383. The van der Waals surface area contributed by atoms with E-state index in [-0.39, 0.29) is 18.0 Å². The summed E-state index contributed by atoms with van der Waals surface area (Å²) in [4.78, 5) is 10.7. The van der Waals surface area contributed by atoms with Gasteiger partial charge in [-0.05, 0) is 62.1 Å². The van der Waals surface area contributed by atoms with Gasteiger partial charge in [-0.15, -0.1) is 0 Å². The van der Waals surface area contributed by atoms with E-state index in [2.05, 4.69) is 0 Å². The second-order valence-corrected chi connectivity index (χ2v) is 10.8. The maximum Gasteiger partial charge on any atom is 0.416 e. The number of alkyl halides is 3. The Morgan fingerprint density at radius 2 is 1.77 bits per heavy atom. The van der Waals surface area contributed by atoms with Crippen molar-refractivity contribution in [2.75, 3.05) is 4.31 Å². The molecule has 1 saturated carbocycles. The van der Waals surface area contributed by atoms with Crippen molar-refractivity contribution in [2.45, 2.75) is 63.6 Å². The van der Waals surface area contributed by atoms with Crippen LogP contribution >= 0.6 is 0 Å². The smallest absolute Gasteiger partial charge is 0.416 e.